The quantitative estimate of drug-likeness (QED) is 0.513. The topological polar surface area (TPSA) is 105 Å². The molecule has 0 saturated heterocycles. The van der Waals surface area contributed by atoms with Crippen LogP contribution in [0.1, 0.15) is 5.56 Å². The number of nitrogens with zero attached hydrogens (tertiary/aromatic N) is 4. The minimum absolute atomic E-state index is 0.159. The lowest BCUT2D eigenvalue weighted by molar-refractivity contribution is -0.107. The van der Waals surface area contributed by atoms with Crippen LogP contribution in [0.2, 0.25) is 0 Å². The molecule has 0 unspecified atom stereocenters. The number of carbonyl (C=O) groups excluding carboxylic acids is 1. The highest BCUT2D eigenvalue weighted by atomic mass is 16.5. The molecule has 0 spiro atoms. The average Bonchev–Trinajstić information content (AvgIpc) is 3.00. The number of para-hydroxylation sites is 1. The first kappa shape index (κ1) is 15.9. The molecule has 0 radical (unpaired) electrons. The van der Waals surface area contributed by atoms with Crippen molar-refractivity contribution >= 4 is 23.3 Å². The van der Waals surface area contributed by atoms with E-state index in [1.54, 1.807) is 18.0 Å². The lowest BCUT2D eigenvalue weighted by atomic mass is 10.1. The van der Waals surface area contributed by atoms with Crippen molar-refractivity contribution in [2.75, 3.05) is 26.1 Å². The molecule has 1 aromatic carbocycles. The van der Waals surface area contributed by atoms with Crippen LogP contribution in [0.3, 0.4) is 0 Å². The Morgan fingerprint density at radius 2 is 2.08 bits per heavy atom. The number of aldehydes is 1. The minimum atomic E-state index is 0.159. The molecule has 0 aliphatic carbocycles. The fourth-order valence-electron chi connectivity index (χ4n) is 2.37. The van der Waals surface area contributed by atoms with Crippen LogP contribution in [-0.2, 0) is 16.0 Å². The third-order valence-corrected chi connectivity index (χ3v) is 3.48. The molecule has 3 rings (SSSR count). The van der Waals surface area contributed by atoms with Crippen LogP contribution >= 0.6 is 0 Å². The van der Waals surface area contributed by atoms with Crippen molar-refractivity contribution in [3.8, 4) is 11.7 Å². The van der Waals surface area contributed by atoms with E-state index < -0.39 is 0 Å². The van der Waals surface area contributed by atoms with Gasteiger partial charge in [-0.3, -0.25) is 4.57 Å². The van der Waals surface area contributed by atoms with Gasteiger partial charge in [0.05, 0.1) is 12.3 Å². The van der Waals surface area contributed by atoms with Crippen molar-refractivity contribution in [1.82, 2.24) is 19.5 Å². The van der Waals surface area contributed by atoms with Crippen molar-refractivity contribution in [1.29, 1.82) is 0 Å². The number of imidazole rings is 1. The monoisotopic (exact) mass is 327 g/mol. The predicted octanol–water partition coefficient (Wildman–Crippen LogP) is 1.16. The number of nitrogens with two attached hydrogens (primary N) is 1. The summed E-state index contributed by atoms with van der Waals surface area (Å²) in [6.45, 7) is 0.736. The molecule has 0 bridgehead atoms. The molecule has 0 aliphatic heterocycles. The van der Waals surface area contributed by atoms with E-state index in [0.29, 0.717) is 30.8 Å². The second-order valence-corrected chi connectivity index (χ2v) is 5.02. The molecular formula is C16H17N5O3. The molecule has 2 N–H and O–H groups in total. The first-order valence-corrected chi connectivity index (χ1v) is 7.38. The largest absolute Gasteiger partial charge is 0.461 e. The molecule has 24 heavy (non-hydrogen) atoms. The van der Waals surface area contributed by atoms with Crippen LogP contribution in [0, 0.1) is 0 Å². The van der Waals surface area contributed by atoms with E-state index in [9.17, 15) is 4.79 Å². The Morgan fingerprint density at radius 3 is 2.88 bits per heavy atom. The number of aromatic nitrogens is 4. The van der Waals surface area contributed by atoms with Gasteiger partial charge in [-0.25, -0.2) is 4.98 Å². The molecule has 0 fully saturated rings. The Bertz CT molecular complexity index is 862. The SMILES string of the molecule is COCCOc1nc(N)c2ncn(-c3ccccc3CC=O)c2n1. The zero-order chi connectivity index (χ0) is 16.9. The molecule has 8 nitrogen and oxygen atoms in total. The van der Waals surface area contributed by atoms with Crippen molar-refractivity contribution in [2.45, 2.75) is 6.42 Å². The molecule has 0 amide bonds. The Hall–Kier alpha value is -3.00. The zero-order valence-corrected chi connectivity index (χ0v) is 13.2. The number of nitrogen functional groups attached to an aromatic ring is 1. The summed E-state index contributed by atoms with van der Waals surface area (Å²) in [5, 5.41) is 0. The van der Waals surface area contributed by atoms with Gasteiger partial charge in [-0.2, -0.15) is 9.97 Å². The summed E-state index contributed by atoms with van der Waals surface area (Å²) in [4.78, 5) is 23.7. The van der Waals surface area contributed by atoms with Crippen LogP contribution in [-0.4, -0.2) is 46.1 Å². The number of anilines is 1. The van der Waals surface area contributed by atoms with Crippen molar-refractivity contribution in [3.05, 3.63) is 36.2 Å². The average molecular weight is 327 g/mol. The number of fused-ring (bicyclic) bond motifs is 1. The van der Waals surface area contributed by atoms with E-state index in [0.717, 1.165) is 17.5 Å². The molecular weight excluding hydrogens is 310 g/mol. The van der Waals surface area contributed by atoms with Gasteiger partial charge < -0.3 is 20.0 Å². The number of ether oxygens (including phenoxy) is 2. The van der Waals surface area contributed by atoms with Gasteiger partial charge in [0.25, 0.3) is 0 Å². The Morgan fingerprint density at radius 1 is 1.25 bits per heavy atom. The number of carbonyl (C=O) groups is 1. The zero-order valence-electron chi connectivity index (χ0n) is 13.2. The molecule has 0 atom stereocenters. The smallest absolute Gasteiger partial charge is 0.320 e. The van der Waals surface area contributed by atoms with E-state index in [-0.39, 0.29) is 11.8 Å². The van der Waals surface area contributed by atoms with Crippen LogP contribution in [0.25, 0.3) is 16.9 Å². The van der Waals surface area contributed by atoms with Gasteiger partial charge in [0.1, 0.15) is 19.2 Å². The van der Waals surface area contributed by atoms with E-state index in [1.807, 2.05) is 24.3 Å². The number of benzene rings is 1. The van der Waals surface area contributed by atoms with Gasteiger partial charge in [-0.1, -0.05) is 18.2 Å². The van der Waals surface area contributed by atoms with E-state index in [1.165, 1.54) is 0 Å². The highest BCUT2D eigenvalue weighted by Gasteiger charge is 2.15. The first-order chi connectivity index (χ1) is 11.7. The first-order valence-electron chi connectivity index (χ1n) is 7.38. The maximum absolute atomic E-state index is 10.9. The third-order valence-electron chi connectivity index (χ3n) is 3.48. The van der Waals surface area contributed by atoms with E-state index in [4.69, 9.17) is 15.2 Å². The van der Waals surface area contributed by atoms with Gasteiger partial charge in [0.15, 0.2) is 17.0 Å². The van der Waals surface area contributed by atoms with Gasteiger partial charge >= 0.3 is 6.01 Å². The van der Waals surface area contributed by atoms with Crippen LogP contribution in [0.4, 0.5) is 5.82 Å². The lowest BCUT2D eigenvalue weighted by Gasteiger charge is -2.10. The summed E-state index contributed by atoms with van der Waals surface area (Å²) in [5.41, 5.74) is 8.64. The lowest BCUT2D eigenvalue weighted by Crippen LogP contribution is -2.09. The minimum Gasteiger partial charge on any atom is -0.461 e. The molecule has 2 heterocycles. The third kappa shape index (κ3) is 3.04. The summed E-state index contributed by atoms with van der Waals surface area (Å²) in [6.07, 6.45) is 2.77. The van der Waals surface area contributed by atoms with Crippen molar-refractivity contribution in [3.63, 3.8) is 0 Å². The number of methoxy groups -OCH3 is 1. The van der Waals surface area contributed by atoms with Crippen molar-refractivity contribution < 1.29 is 14.3 Å². The maximum Gasteiger partial charge on any atom is 0.320 e. The standard InChI is InChI=1S/C16H17N5O3/c1-23-8-9-24-16-19-14(17)13-15(20-16)21(10-18-13)12-5-3-2-4-11(12)6-7-22/h2-5,7,10H,6,8-9H2,1H3,(H2,17,19,20). The van der Waals surface area contributed by atoms with Gasteiger partial charge in [0.2, 0.25) is 0 Å². The predicted molar refractivity (Wildman–Crippen MR) is 88.2 cm³/mol. The number of hydrogen-bond acceptors (Lipinski definition) is 7. The van der Waals surface area contributed by atoms with Gasteiger partial charge in [0, 0.05) is 13.5 Å². The molecule has 0 aliphatic rings. The fourth-order valence-corrected chi connectivity index (χ4v) is 2.37. The molecule has 2 aromatic heterocycles. The second-order valence-electron chi connectivity index (χ2n) is 5.02. The summed E-state index contributed by atoms with van der Waals surface area (Å²) in [7, 11) is 1.58. The molecule has 124 valence electrons. The fraction of sp³-hybridized carbons (Fsp3) is 0.250. The van der Waals surface area contributed by atoms with Crippen LogP contribution in [0.5, 0.6) is 6.01 Å². The highest BCUT2D eigenvalue weighted by molar-refractivity contribution is 5.83. The molecule has 0 saturated carbocycles. The summed E-state index contributed by atoms with van der Waals surface area (Å²) in [5.74, 6) is 0.235. The summed E-state index contributed by atoms with van der Waals surface area (Å²) < 4.78 is 12.2. The normalized spacial score (nSPS) is 10.9. The highest BCUT2D eigenvalue weighted by Crippen LogP contribution is 2.24. The van der Waals surface area contributed by atoms with E-state index in [2.05, 4.69) is 15.0 Å². The number of hydrogen-bond donors (Lipinski definition) is 1. The number of rotatable bonds is 7. The second kappa shape index (κ2) is 7.05. The van der Waals surface area contributed by atoms with Crippen LogP contribution in [0.15, 0.2) is 30.6 Å². The van der Waals surface area contributed by atoms with Crippen LogP contribution < -0.4 is 10.5 Å². The summed E-state index contributed by atoms with van der Waals surface area (Å²) in [6, 6.07) is 7.70. The molecule has 8 heteroatoms. The van der Waals surface area contributed by atoms with E-state index >= 15 is 0 Å². The van der Waals surface area contributed by atoms with Gasteiger partial charge in [-0.05, 0) is 11.6 Å². The van der Waals surface area contributed by atoms with Crippen molar-refractivity contribution in [2.24, 2.45) is 0 Å². The Kier molecular flexibility index (Phi) is 4.66. The molecule has 3 aromatic rings. The Labute approximate surface area is 138 Å². The maximum atomic E-state index is 10.9. The Balaban J connectivity index is 2.07. The summed E-state index contributed by atoms with van der Waals surface area (Å²) >= 11 is 0. The van der Waals surface area contributed by atoms with Gasteiger partial charge in [-0.15, -0.1) is 0 Å².